The summed E-state index contributed by atoms with van der Waals surface area (Å²) in [6, 6.07) is 5.64. The summed E-state index contributed by atoms with van der Waals surface area (Å²) in [5.74, 6) is 1.06. The molecule has 2 fully saturated rings. The minimum Gasteiger partial charge on any atom is -0.389 e. The van der Waals surface area contributed by atoms with Crippen LogP contribution in [0.15, 0.2) is 18.2 Å². The molecule has 0 amide bonds. The van der Waals surface area contributed by atoms with E-state index in [0.29, 0.717) is 21.9 Å². The summed E-state index contributed by atoms with van der Waals surface area (Å²) in [7, 11) is 0. The van der Waals surface area contributed by atoms with Gasteiger partial charge < -0.3 is 5.11 Å². The van der Waals surface area contributed by atoms with Crippen molar-refractivity contribution in [3.63, 3.8) is 0 Å². The maximum absolute atomic E-state index is 10.4. The summed E-state index contributed by atoms with van der Waals surface area (Å²) >= 11 is 11.8. The lowest BCUT2D eigenvalue weighted by atomic mass is 9.99. The monoisotopic (exact) mass is 256 g/mol. The molecule has 2 aliphatic rings. The first kappa shape index (κ1) is 10.9. The Kier molecular flexibility index (Phi) is 2.47. The van der Waals surface area contributed by atoms with Crippen LogP contribution in [0, 0.1) is 11.8 Å². The van der Waals surface area contributed by atoms with Gasteiger partial charge in [-0.15, -0.1) is 0 Å². The van der Waals surface area contributed by atoms with E-state index in [0.717, 1.165) is 12.0 Å². The maximum Gasteiger partial charge on any atom is 0.0751 e. The molecule has 3 rings (SSSR count). The number of aliphatic hydroxyl groups is 1. The van der Waals surface area contributed by atoms with E-state index in [1.54, 1.807) is 6.07 Å². The fourth-order valence-electron chi connectivity index (χ4n) is 3.29. The van der Waals surface area contributed by atoms with E-state index in [-0.39, 0.29) is 0 Å². The van der Waals surface area contributed by atoms with Crippen LogP contribution in [0.3, 0.4) is 0 Å². The second-order valence-corrected chi connectivity index (χ2v) is 5.87. The van der Waals surface area contributed by atoms with E-state index in [4.69, 9.17) is 23.2 Å². The Balaban J connectivity index is 1.78. The van der Waals surface area contributed by atoms with Gasteiger partial charge in [-0.25, -0.2) is 0 Å². The average Bonchev–Trinajstić information content (AvgIpc) is 2.69. The van der Waals surface area contributed by atoms with Gasteiger partial charge in [0, 0.05) is 6.42 Å². The average molecular weight is 257 g/mol. The molecule has 2 saturated carbocycles. The first-order valence-corrected chi connectivity index (χ1v) is 6.53. The summed E-state index contributed by atoms with van der Waals surface area (Å²) in [5, 5.41) is 11.6. The predicted octanol–water partition coefficient (Wildman–Crippen LogP) is 3.70. The zero-order valence-corrected chi connectivity index (χ0v) is 10.4. The number of rotatable bonds is 2. The van der Waals surface area contributed by atoms with Gasteiger partial charge in [0.05, 0.1) is 15.6 Å². The molecule has 0 saturated heterocycles. The number of halogens is 2. The highest BCUT2D eigenvalue weighted by Crippen LogP contribution is 2.61. The fourth-order valence-corrected chi connectivity index (χ4v) is 3.61. The molecular formula is C13H14Cl2O. The van der Waals surface area contributed by atoms with E-state index in [1.165, 1.54) is 19.3 Å². The first-order valence-electron chi connectivity index (χ1n) is 5.77. The van der Waals surface area contributed by atoms with Crippen molar-refractivity contribution in [2.45, 2.75) is 31.3 Å². The maximum atomic E-state index is 10.4. The molecule has 3 heteroatoms. The molecular weight excluding hydrogens is 243 g/mol. The van der Waals surface area contributed by atoms with Crippen LogP contribution < -0.4 is 0 Å². The van der Waals surface area contributed by atoms with Gasteiger partial charge in [0.25, 0.3) is 0 Å². The molecule has 1 N–H and O–H groups in total. The molecule has 86 valence electrons. The van der Waals surface area contributed by atoms with Crippen LogP contribution in [-0.2, 0) is 6.42 Å². The van der Waals surface area contributed by atoms with E-state index in [9.17, 15) is 5.11 Å². The van der Waals surface area contributed by atoms with Gasteiger partial charge in [0.1, 0.15) is 0 Å². The van der Waals surface area contributed by atoms with Crippen molar-refractivity contribution >= 4 is 23.2 Å². The largest absolute Gasteiger partial charge is 0.389 e. The molecule has 0 aliphatic heterocycles. The number of benzene rings is 1. The van der Waals surface area contributed by atoms with Gasteiger partial charge in [-0.1, -0.05) is 35.7 Å². The van der Waals surface area contributed by atoms with Crippen LogP contribution in [0.2, 0.25) is 10.0 Å². The number of hydrogen-bond acceptors (Lipinski definition) is 1. The van der Waals surface area contributed by atoms with Gasteiger partial charge in [0.15, 0.2) is 0 Å². The third-order valence-electron chi connectivity index (χ3n) is 4.16. The number of fused-ring (bicyclic) bond motifs is 1. The predicted molar refractivity (Wildman–Crippen MR) is 65.9 cm³/mol. The van der Waals surface area contributed by atoms with Gasteiger partial charge in [-0.2, -0.15) is 0 Å². The van der Waals surface area contributed by atoms with E-state index in [1.807, 2.05) is 12.1 Å². The third kappa shape index (κ3) is 1.57. The van der Waals surface area contributed by atoms with Crippen LogP contribution in [0.25, 0.3) is 0 Å². The Hall–Kier alpha value is -0.240. The van der Waals surface area contributed by atoms with Crippen molar-refractivity contribution in [1.29, 1.82) is 0 Å². The molecule has 2 atom stereocenters. The highest BCUT2D eigenvalue weighted by Gasteiger charge is 2.64. The zero-order chi connectivity index (χ0) is 11.3. The molecule has 1 nitrogen and oxygen atoms in total. The molecule has 1 aromatic rings. The van der Waals surface area contributed by atoms with Crippen molar-refractivity contribution < 1.29 is 5.11 Å². The van der Waals surface area contributed by atoms with Gasteiger partial charge in [-0.3, -0.25) is 0 Å². The Morgan fingerprint density at radius 1 is 1.19 bits per heavy atom. The molecule has 0 spiro atoms. The number of hydrogen-bond donors (Lipinski definition) is 1. The molecule has 16 heavy (non-hydrogen) atoms. The Labute approximate surface area is 105 Å². The Bertz CT molecular complexity index is 420. The van der Waals surface area contributed by atoms with Crippen LogP contribution in [0.4, 0.5) is 0 Å². The van der Waals surface area contributed by atoms with Crippen molar-refractivity contribution in [2.24, 2.45) is 11.8 Å². The summed E-state index contributed by atoms with van der Waals surface area (Å²) in [5.41, 5.74) is 0.640. The van der Waals surface area contributed by atoms with Crippen LogP contribution in [0.5, 0.6) is 0 Å². The molecule has 1 aromatic carbocycles. The Morgan fingerprint density at radius 3 is 2.50 bits per heavy atom. The van der Waals surface area contributed by atoms with Crippen molar-refractivity contribution in [3.8, 4) is 0 Å². The van der Waals surface area contributed by atoms with Gasteiger partial charge >= 0.3 is 0 Å². The molecule has 0 aromatic heterocycles. The highest BCUT2D eigenvalue weighted by atomic mass is 35.5. The minimum atomic E-state index is -0.449. The van der Waals surface area contributed by atoms with Crippen molar-refractivity contribution in [2.75, 3.05) is 0 Å². The lowest BCUT2D eigenvalue weighted by molar-refractivity contribution is 0.107. The molecule has 0 radical (unpaired) electrons. The summed E-state index contributed by atoms with van der Waals surface area (Å²) in [4.78, 5) is 0. The van der Waals surface area contributed by atoms with E-state index in [2.05, 4.69) is 0 Å². The van der Waals surface area contributed by atoms with E-state index >= 15 is 0 Å². The summed E-state index contributed by atoms with van der Waals surface area (Å²) in [6.45, 7) is 0. The SMILES string of the molecule is OC1(Cc2ccc(Cl)c(Cl)c2)C2CCCC21. The minimum absolute atomic E-state index is 0.449. The van der Waals surface area contributed by atoms with Crippen molar-refractivity contribution in [3.05, 3.63) is 33.8 Å². The fraction of sp³-hybridized carbons (Fsp3) is 0.538. The smallest absolute Gasteiger partial charge is 0.0751 e. The van der Waals surface area contributed by atoms with E-state index < -0.39 is 5.60 Å². The lowest BCUT2D eigenvalue weighted by Gasteiger charge is -2.14. The van der Waals surface area contributed by atoms with Gasteiger partial charge in [0.2, 0.25) is 0 Å². The Morgan fingerprint density at radius 2 is 1.88 bits per heavy atom. The molecule has 0 bridgehead atoms. The third-order valence-corrected chi connectivity index (χ3v) is 4.90. The topological polar surface area (TPSA) is 20.2 Å². The van der Waals surface area contributed by atoms with Crippen LogP contribution in [-0.4, -0.2) is 10.7 Å². The normalized spacial score (nSPS) is 36.2. The van der Waals surface area contributed by atoms with Crippen LogP contribution in [0.1, 0.15) is 24.8 Å². The zero-order valence-electron chi connectivity index (χ0n) is 8.92. The summed E-state index contributed by atoms with van der Waals surface area (Å²) in [6.07, 6.45) is 4.36. The molecule has 2 unspecified atom stereocenters. The standard InChI is InChI=1S/C13H14Cl2O/c14-11-5-4-8(6-12(11)15)7-13(16)9-2-1-3-10(9)13/h4-6,9-10,16H,1-3,7H2. The van der Waals surface area contributed by atoms with Gasteiger partial charge in [-0.05, 0) is 42.4 Å². The first-order chi connectivity index (χ1) is 7.61. The quantitative estimate of drug-likeness (QED) is 0.856. The van der Waals surface area contributed by atoms with Crippen molar-refractivity contribution in [1.82, 2.24) is 0 Å². The molecule has 2 aliphatic carbocycles. The second kappa shape index (κ2) is 3.63. The highest BCUT2D eigenvalue weighted by molar-refractivity contribution is 6.42. The lowest BCUT2D eigenvalue weighted by Crippen LogP contribution is -2.19. The molecule has 0 heterocycles. The van der Waals surface area contributed by atoms with Crippen LogP contribution >= 0.6 is 23.2 Å². The second-order valence-electron chi connectivity index (χ2n) is 5.06. The summed E-state index contributed by atoms with van der Waals surface area (Å²) < 4.78 is 0.